The molecule has 1 saturated carbocycles. The van der Waals surface area contributed by atoms with Crippen LogP contribution in [0.4, 0.5) is 5.00 Å². The van der Waals surface area contributed by atoms with Gasteiger partial charge in [0.1, 0.15) is 5.00 Å². The summed E-state index contributed by atoms with van der Waals surface area (Å²) in [4.78, 5) is 4.75. The van der Waals surface area contributed by atoms with E-state index in [1.807, 2.05) is 0 Å². The molecule has 3 heteroatoms. The van der Waals surface area contributed by atoms with E-state index in [1.54, 1.807) is 11.3 Å². The van der Waals surface area contributed by atoms with E-state index in [9.17, 15) is 0 Å². The molecule has 0 radical (unpaired) electrons. The Morgan fingerprint density at radius 2 is 1.88 bits per heavy atom. The third-order valence-corrected chi connectivity index (χ3v) is 4.79. The highest BCUT2D eigenvalue weighted by Gasteiger charge is 2.24. The van der Waals surface area contributed by atoms with Gasteiger partial charge in [0.05, 0.1) is 10.7 Å². The molecule has 1 aliphatic carbocycles. The molecule has 0 atom stereocenters. The number of anilines is 1. The van der Waals surface area contributed by atoms with Gasteiger partial charge in [0.15, 0.2) is 0 Å². The van der Waals surface area contributed by atoms with Crippen LogP contribution in [0.2, 0.25) is 0 Å². The third kappa shape index (κ3) is 2.40. The lowest BCUT2D eigenvalue weighted by Crippen LogP contribution is -2.12. The summed E-state index contributed by atoms with van der Waals surface area (Å²) in [6.45, 7) is 6.72. The van der Waals surface area contributed by atoms with Crippen molar-refractivity contribution in [1.29, 1.82) is 0 Å². The summed E-state index contributed by atoms with van der Waals surface area (Å²) in [5.74, 6) is 2.02. The Hall–Kier alpha value is -0.570. The van der Waals surface area contributed by atoms with E-state index in [0.29, 0.717) is 11.8 Å². The summed E-state index contributed by atoms with van der Waals surface area (Å²) in [5, 5.41) is 2.16. The van der Waals surface area contributed by atoms with Gasteiger partial charge in [0, 0.05) is 11.8 Å². The largest absolute Gasteiger partial charge is 0.389 e. The van der Waals surface area contributed by atoms with Gasteiger partial charge >= 0.3 is 0 Å². The van der Waals surface area contributed by atoms with Gasteiger partial charge in [-0.15, -0.1) is 11.3 Å². The fourth-order valence-corrected chi connectivity index (χ4v) is 3.36. The van der Waals surface area contributed by atoms with Gasteiger partial charge < -0.3 is 5.73 Å². The molecule has 2 N–H and O–H groups in total. The monoisotopic (exact) mass is 238 g/mol. The first kappa shape index (κ1) is 11.9. The smallest absolute Gasteiger partial charge is 0.110 e. The van der Waals surface area contributed by atoms with Crippen LogP contribution in [0, 0.1) is 5.92 Å². The minimum absolute atomic E-state index is 0.503. The van der Waals surface area contributed by atoms with E-state index in [0.717, 1.165) is 10.9 Å². The lowest BCUT2D eigenvalue weighted by molar-refractivity contribution is 0.345. The van der Waals surface area contributed by atoms with E-state index < -0.39 is 0 Å². The number of thiazole rings is 1. The Balaban J connectivity index is 2.14. The molecule has 1 aliphatic rings. The van der Waals surface area contributed by atoms with E-state index in [2.05, 4.69) is 20.8 Å². The fraction of sp³-hybridized carbons (Fsp3) is 0.769. The molecule has 1 aromatic heterocycles. The van der Waals surface area contributed by atoms with Gasteiger partial charge in [-0.05, 0) is 18.8 Å². The number of nitrogens with two attached hydrogens (primary N) is 1. The zero-order chi connectivity index (χ0) is 11.7. The van der Waals surface area contributed by atoms with Crippen LogP contribution in [0.15, 0.2) is 0 Å². The van der Waals surface area contributed by atoms with Crippen LogP contribution in [0.3, 0.4) is 0 Å². The number of aromatic nitrogens is 1. The number of hydrogen-bond acceptors (Lipinski definition) is 3. The maximum Gasteiger partial charge on any atom is 0.110 e. The first-order valence-electron chi connectivity index (χ1n) is 6.34. The maximum absolute atomic E-state index is 6.10. The zero-order valence-electron chi connectivity index (χ0n) is 10.5. The molecule has 2 rings (SSSR count). The van der Waals surface area contributed by atoms with E-state index in [1.165, 1.54) is 36.4 Å². The molecule has 0 spiro atoms. The van der Waals surface area contributed by atoms with Crippen molar-refractivity contribution in [2.24, 2.45) is 5.92 Å². The van der Waals surface area contributed by atoms with Crippen molar-refractivity contribution in [3.63, 3.8) is 0 Å². The predicted octanol–water partition coefficient (Wildman–Crippen LogP) is 4.14. The molecule has 0 aromatic carbocycles. The molecular formula is C13H22N2S. The van der Waals surface area contributed by atoms with Gasteiger partial charge in [-0.25, -0.2) is 4.98 Å². The Morgan fingerprint density at radius 1 is 1.25 bits per heavy atom. The van der Waals surface area contributed by atoms with Crippen molar-refractivity contribution < 1.29 is 0 Å². The van der Waals surface area contributed by atoms with Gasteiger partial charge in [0.25, 0.3) is 0 Å². The Kier molecular flexibility index (Phi) is 3.53. The van der Waals surface area contributed by atoms with Gasteiger partial charge in [-0.2, -0.15) is 0 Å². The lowest BCUT2D eigenvalue weighted by Gasteiger charge is -2.25. The summed E-state index contributed by atoms with van der Waals surface area (Å²) >= 11 is 1.68. The average molecular weight is 238 g/mol. The molecule has 0 saturated heterocycles. The molecule has 16 heavy (non-hydrogen) atoms. The molecular weight excluding hydrogens is 216 g/mol. The topological polar surface area (TPSA) is 38.9 Å². The fourth-order valence-electron chi connectivity index (χ4n) is 2.43. The van der Waals surface area contributed by atoms with Crippen LogP contribution in [0.1, 0.15) is 69.0 Å². The van der Waals surface area contributed by atoms with Crippen LogP contribution >= 0.6 is 11.3 Å². The standard InChI is InChI=1S/C13H22N2S/c1-8(2)13-15-11(12(14)16-13)10-6-4-9(3)5-7-10/h8-10H,4-7,14H2,1-3H3. The summed E-state index contributed by atoms with van der Waals surface area (Å²) in [6, 6.07) is 0. The number of nitrogen functional groups attached to an aromatic ring is 1. The van der Waals surface area contributed by atoms with Gasteiger partial charge in [-0.3, -0.25) is 0 Å². The first-order chi connectivity index (χ1) is 7.58. The second kappa shape index (κ2) is 4.74. The van der Waals surface area contributed by atoms with Crippen LogP contribution in [0.5, 0.6) is 0 Å². The van der Waals surface area contributed by atoms with Crippen LogP contribution in [-0.2, 0) is 0 Å². The molecule has 0 unspecified atom stereocenters. The summed E-state index contributed by atoms with van der Waals surface area (Å²) in [6.07, 6.45) is 5.20. The summed E-state index contributed by atoms with van der Waals surface area (Å²) in [7, 11) is 0. The van der Waals surface area contributed by atoms with Crippen molar-refractivity contribution in [3.8, 4) is 0 Å². The minimum atomic E-state index is 0.503. The van der Waals surface area contributed by atoms with E-state index in [4.69, 9.17) is 10.7 Å². The lowest BCUT2D eigenvalue weighted by atomic mass is 9.81. The molecule has 1 fully saturated rings. The molecule has 2 nitrogen and oxygen atoms in total. The Morgan fingerprint density at radius 3 is 2.38 bits per heavy atom. The van der Waals surface area contributed by atoms with Crippen molar-refractivity contribution in [2.45, 2.75) is 58.3 Å². The normalized spacial score (nSPS) is 26.2. The highest BCUT2D eigenvalue weighted by Crippen LogP contribution is 2.40. The van der Waals surface area contributed by atoms with Crippen LogP contribution in [-0.4, -0.2) is 4.98 Å². The summed E-state index contributed by atoms with van der Waals surface area (Å²) < 4.78 is 0. The first-order valence-corrected chi connectivity index (χ1v) is 7.15. The summed E-state index contributed by atoms with van der Waals surface area (Å²) in [5.41, 5.74) is 7.30. The number of hydrogen-bond donors (Lipinski definition) is 1. The maximum atomic E-state index is 6.10. The van der Waals surface area contributed by atoms with Crippen LogP contribution in [0.25, 0.3) is 0 Å². The average Bonchev–Trinajstić information content (AvgIpc) is 2.62. The van der Waals surface area contributed by atoms with Crippen LogP contribution < -0.4 is 5.73 Å². The number of rotatable bonds is 2. The highest BCUT2D eigenvalue weighted by molar-refractivity contribution is 7.15. The van der Waals surface area contributed by atoms with Crippen molar-refractivity contribution >= 4 is 16.3 Å². The third-order valence-electron chi connectivity index (χ3n) is 3.59. The van der Waals surface area contributed by atoms with Gasteiger partial charge in [0.2, 0.25) is 0 Å². The van der Waals surface area contributed by atoms with Crippen molar-refractivity contribution in [3.05, 3.63) is 10.7 Å². The SMILES string of the molecule is CC1CCC(c2nc(C(C)C)sc2N)CC1. The minimum Gasteiger partial charge on any atom is -0.389 e. The zero-order valence-corrected chi connectivity index (χ0v) is 11.3. The molecule has 1 aromatic rings. The molecule has 90 valence electrons. The van der Waals surface area contributed by atoms with E-state index >= 15 is 0 Å². The number of nitrogens with zero attached hydrogens (tertiary/aromatic N) is 1. The predicted molar refractivity (Wildman–Crippen MR) is 71.0 cm³/mol. The second-order valence-electron chi connectivity index (χ2n) is 5.41. The molecule has 0 bridgehead atoms. The molecule has 0 aliphatic heterocycles. The van der Waals surface area contributed by atoms with Crippen molar-refractivity contribution in [2.75, 3.05) is 5.73 Å². The Bertz CT molecular complexity index is 349. The quantitative estimate of drug-likeness (QED) is 0.841. The molecule has 1 heterocycles. The highest BCUT2D eigenvalue weighted by atomic mass is 32.1. The molecule has 0 amide bonds. The Labute approximate surface area is 102 Å². The van der Waals surface area contributed by atoms with Crippen molar-refractivity contribution in [1.82, 2.24) is 4.98 Å². The van der Waals surface area contributed by atoms with E-state index in [-0.39, 0.29) is 0 Å². The second-order valence-corrected chi connectivity index (χ2v) is 6.48. The van der Waals surface area contributed by atoms with Gasteiger partial charge in [-0.1, -0.05) is 33.6 Å².